The molecule has 0 saturated carbocycles. The van der Waals surface area contributed by atoms with Crippen molar-refractivity contribution in [1.82, 2.24) is 4.98 Å². The summed E-state index contributed by atoms with van der Waals surface area (Å²) >= 11 is 0. The van der Waals surface area contributed by atoms with E-state index in [1.807, 2.05) is 13.8 Å². The summed E-state index contributed by atoms with van der Waals surface area (Å²) < 4.78 is 0. The van der Waals surface area contributed by atoms with Crippen molar-refractivity contribution in [3.05, 3.63) is 23.9 Å². The fourth-order valence-corrected chi connectivity index (χ4v) is 2.19. The first-order chi connectivity index (χ1) is 9.27. The van der Waals surface area contributed by atoms with Crippen LogP contribution in [0.15, 0.2) is 18.2 Å². The molecule has 0 radical (unpaired) electrons. The lowest BCUT2D eigenvalue weighted by Gasteiger charge is -2.25. The largest absolute Gasteiger partial charge is 0.477 e. The summed E-state index contributed by atoms with van der Waals surface area (Å²) in [5.41, 5.74) is -0.959. The molecule has 20 heavy (non-hydrogen) atoms. The number of imide groups is 1. The van der Waals surface area contributed by atoms with Gasteiger partial charge in [0.15, 0.2) is 5.69 Å². The standard InChI is InChI=1S/C14H16N2O4/c1-8(2)14(3)7-11(17)16(13(14)20)10-6-4-5-9(15-10)12(18)19/h4-6,8H,7H2,1-3H3,(H,18,19). The molecule has 1 saturated heterocycles. The number of carbonyl (C=O) groups is 3. The smallest absolute Gasteiger partial charge is 0.354 e. The van der Waals surface area contributed by atoms with Crippen LogP contribution in [0, 0.1) is 11.3 Å². The first kappa shape index (κ1) is 14.2. The quantitative estimate of drug-likeness (QED) is 0.849. The van der Waals surface area contributed by atoms with Gasteiger partial charge in [0.25, 0.3) is 0 Å². The first-order valence-corrected chi connectivity index (χ1v) is 6.35. The molecule has 1 N–H and O–H groups in total. The van der Waals surface area contributed by atoms with Gasteiger partial charge in [-0.15, -0.1) is 0 Å². The van der Waals surface area contributed by atoms with Crippen molar-refractivity contribution in [2.45, 2.75) is 27.2 Å². The minimum Gasteiger partial charge on any atom is -0.477 e. The van der Waals surface area contributed by atoms with Crippen LogP contribution in [0.4, 0.5) is 5.82 Å². The third kappa shape index (κ3) is 2.07. The lowest BCUT2D eigenvalue weighted by molar-refractivity contribution is -0.126. The Labute approximate surface area is 116 Å². The summed E-state index contributed by atoms with van der Waals surface area (Å²) in [6, 6.07) is 4.25. The Morgan fingerprint density at radius 2 is 2.05 bits per heavy atom. The maximum absolute atomic E-state index is 12.5. The van der Waals surface area contributed by atoms with E-state index in [0.29, 0.717) is 0 Å². The fraction of sp³-hybridized carbons (Fsp3) is 0.429. The molecule has 6 nitrogen and oxygen atoms in total. The molecule has 0 spiro atoms. The summed E-state index contributed by atoms with van der Waals surface area (Å²) in [6.07, 6.45) is 0.114. The number of hydrogen-bond acceptors (Lipinski definition) is 4. The minimum atomic E-state index is -1.20. The van der Waals surface area contributed by atoms with Gasteiger partial charge in [0, 0.05) is 6.42 Å². The van der Waals surface area contributed by atoms with Crippen molar-refractivity contribution in [3.63, 3.8) is 0 Å². The van der Waals surface area contributed by atoms with Crippen molar-refractivity contribution in [1.29, 1.82) is 0 Å². The Morgan fingerprint density at radius 3 is 2.55 bits per heavy atom. The molecule has 0 aromatic carbocycles. The average molecular weight is 276 g/mol. The molecule has 6 heteroatoms. The number of anilines is 1. The summed E-state index contributed by atoms with van der Waals surface area (Å²) in [5, 5.41) is 8.92. The van der Waals surface area contributed by atoms with Crippen molar-refractivity contribution >= 4 is 23.6 Å². The van der Waals surface area contributed by atoms with Crippen molar-refractivity contribution < 1.29 is 19.5 Å². The second kappa shape index (κ2) is 4.70. The predicted molar refractivity (Wildman–Crippen MR) is 71.3 cm³/mol. The lowest BCUT2D eigenvalue weighted by Crippen LogP contribution is -2.37. The van der Waals surface area contributed by atoms with Crippen molar-refractivity contribution in [2.24, 2.45) is 11.3 Å². The number of pyridine rings is 1. The second-order valence-corrected chi connectivity index (χ2v) is 5.47. The monoisotopic (exact) mass is 276 g/mol. The number of carboxylic acid groups (broad SMARTS) is 1. The third-order valence-electron chi connectivity index (χ3n) is 3.92. The topological polar surface area (TPSA) is 87.6 Å². The number of rotatable bonds is 3. The zero-order chi connectivity index (χ0) is 15.1. The Kier molecular flexibility index (Phi) is 3.33. The van der Waals surface area contributed by atoms with Crippen LogP contribution in [0.5, 0.6) is 0 Å². The molecular weight excluding hydrogens is 260 g/mol. The minimum absolute atomic E-state index is 0.00612. The van der Waals surface area contributed by atoms with Crippen LogP contribution in [0.25, 0.3) is 0 Å². The number of nitrogens with zero attached hydrogens (tertiary/aromatic N) is 2. The van der Waals surface area contributed by atoms with Crippen molar-refractivity contribution in [3.8, 4) is 0 Å². The van der Waals surface area contributed by atoms with E-state index in [4.69, 9.17) is 5.11 Å². The van der Waals surface area contributed by atoms with Gasteiger partial charge >= 0.3 is 5.97 Å². The van der Waals surface area contributed by atoms with Crippen LogP contribution >= 0.6 is 0 Å². The van der Waals surface area contributed by atoms with Crippen LogP contribution in [0.1, 0.15) is 37.7 Å². The fourth-order valence-electron chi connectivity index (χ4n) is 2.19. The van der Waals surface area contributed by atoms with E-state index >= 15 is 0 Å². The molecule has 106 valence electrons. The highest BCUT2D eigenvalue weighted by molar-refractivity contribution is 6.22. The molecular formula is C14H16N2O4. The van der Waals surface area contributed by atoms with Crippen LogP contribution in [-0.4, -0.2) is 27.9 Å². The van der Waals surface area contributed by atoms with E-state index in [9.17, 15) is 14.4 Å². The van der Waals surface area contributed by atoms with E-state index in [1.54, 1.807) is 6.92 Å². The summed E-state index contributed by atoms with van der Waals surface area (Å²) in [7, 11) is 0. The third-order valence-corrected chi connectivity index (χ3v) is 3.92. The predicted octanol–water partition coefficient (Wildman–Crippen LogP) is 1.71. The van der Waals surface area contributed by atoms with E-state index in [-0.39, 0.29) is 35.7 Å². The molecule has 2 amide bonds. The van der Waals surface area contributed by atoms with Gasteiger partial charge in [0.05, 0.1) is 5.41 Å². The number of hydrogen-bond donors (Lipinski definition) is 1. The van der Waals surface area contributed by atoms with Crippen LogP contribution < -0.4 is 4.90 Å². The highest BCUT2D eigenvalue weighted by Crippen LogP contribution is 2.40. The Balaban J connectivity index is 2.43. The molecule has 1 aromatic rings. The number of aromatic nitrogens is 1. The molecule has 0 aliphatic carbocycles. The molecule has 1 aromatic heterocycles. The Morgan fingerprint density at radius 1 is 1.40 bits per heavy atom. The van der Waals surface area contributed by atoms with E-state index in [1.165, 1.54) is 18.2 Å². The number of carbonyl (C=O) groups excluding carboxylic acids is 2. The second-order valence-electron chi connectivity index (χ2n) is 5.47. The maximum atomic E-state index is 12.5. The summed E-state index contributed by atoms with van der Waals surface area (Å²) in [5.74, 6) is -1.79. The Bertz CT molecular complexity index is 597. The molecule has 1 aliphatic heterocycles. The molecule has 1 aliphatic rings. The van der Waals surface area contributed by atoms with Gasteiger partial charge < -0.3 is 5.11 Å². The summed E-state index contributed by atoms with van der Waals surface area (Å²) in [6.45, 7) is 5.52. The van der Waals surface area contributed by atoms with Crippen LogP contribution in [-0.2, 0) is 9.59 Å². The molecule has 0 bridgehead atoms. The van der Waals surface area contributed by atoms with Crippen molar-refractivity contribution in [2.75, 3.05) is 4.90 Å². The summed E-state index contributed by atoms with van der Waals surface area (Å²) in [4.78, 5) is 40.4. The van der Waals surface area contributed by atoms with Gasteiger partial charge in [-0.25, -0.2) is 14.7 Å². The van der Waals surface area contributed by atoms with Crippen LogP contribution in [0.3, 0.4) is 0 Å². The first-order valence-electron chi connectivity index (χ1n) is 6.35. The number of carboxylic acids is 1. The SMILES string of the molecule is CC(C)C1(C)CC(=O)N(c2cccc(C(=O)O)n2)C1=O. The zero-order valence-electron chi connectivity index (χ0n) is 11.6. The van der Waals surface area contributed by atoms with Gasteiger partial charge in [0.2, 0.25) is 11.8 Å². The van der Waals surface area contributed by atoms with Gasteiger partial charge in [-0.3, -0.25) is 9.59 Å². The number of amides is 2. The highest BCUT2D eigenvalue weighted by Gasteiger charge is 2.51. The highest BCUT2D eigenvalue weighted by atomic mass is 16.4. The van der Waals surface area contributed by atoms with E-state index in [2.05, 4.69) is 4.98 Å². The molecule has 1 atom stereocenters. The van der Waals surface area contributed by atoms with Crippen LogP contribution in [0.2, 0.25) is 0 Å². The number of aromatic carboxylic acids is 1. The van der Waals surface area contributed by atoms with E-state index < -0.39 is 11.4 Å². The Hall–Kier alpha value is -2.24. The maximum Gasteiger partial charge on any atom is 0.354 e. The van der Waals surface area contributed by atoms with E-state index in [0.717, 1.165) is 4.90 Å². The zero-order valence-corrected chi connectivity index (χ0v) is 11.6. The van der Waals surface area contributed by atoms with Gasteiger partial charge in [-0.05, 0) is 25.0 Å². The normalized spacial score (nSPS) is 22.7. The van der Waals surface area contributed by atoms with Gasteiger partial charge in [-0.2, -0.15) is 0 Å². The van der Waals surface area contributed by atoms with Gasteiger partial charge in [0.1, 0.15) is 5.82 Å². The molecule has 1 fully saturated rings. The lowest BCUT2D eigenvalue weighted by atomic mass is 9.78. The molecule has 1 unspecified atom stereocenters. The van der Waals surface area contributed by atoms with Gasteiger partial charge in [-0.1, -0.05) is 19.9 Å². The molecule has 2 heterocycles. The molecule has 2 rings (SSSR count). The average Bonchev–Trinajstić information content (AvgIpc) is 2.61.